The lowest BCUT2D eigenvalue weighted by Crippen LogP contribution is -2.47. The van der Waals surface area contributed by atoms with E-state index in [2.05, 4.69) is 23.1 Å². The predicted molar refractivity (Wildman–Crippen MR) is 126 cm³/mol. The Morgan fingerprint density at radius 1 is 1.00 bits per heavy atom. The third-order valence-corrected chi connectivity index (χ3v) is 7.86. The lowest BCUT2D eigenvalue weighted by molar-refractivity contribution is -0.0957. The van der Waals surface area contributed by atoms with Gasteiger partial charge in [-0.25, -0.2) is 4.79 Å². The number of rotatable bonds is 7. The Bertz CT molecular complexity index is 1010. The first-order valence-electron chi connectivity index (χ1n) is 12.4. The molecule has 1 saturated carbocycles. The molecule has 2 aromatic rings. The fraction of sp³-hybridized carbons (Fsp3) is 0.500. The Morgan fingerprint density at radius 3 is 2.42 bits per heavy atom. The number of benzene rings is 2. The van der Waals surface area contributed by atoms with Gasteiger partial charge in [0.2, 0.25) is 0 Å². The van der Waals surface area contributed by atoms with Crippen molar-refractivity contribution in [2.45, 2.75) is 50.5 Å². The quantitative estimate of drug-likeness (QED) is 0.429. The molecule has 2 aromatic carbocycles. The molecule has 0 aromatic heterocycles. The molecule has 3 aliphatic rings. The molecule has 1 aliphatic carbocycles. The maximum Gasteiger partial charge on any atom is 0.339 e. The molecule has 33 heavy (non-hydrogen) atoms. The number of ether oxygens (including phenoxy) is 2. The summed E-state index contributed by atoms with van der Waals surface area (Å²) in [5.74, 6) is 1.52. The molecule has 1 atom stereocenters. The second-order valence-electron chi connectivity index (χ2n) is 9.66. The van der Waals surface area contributed by atoms with E-state index in [0.717, 1.165) is 68.6 Å². The normalized spacial score (nSPS) is 23.8. The molecule has 5 nitrogen and oxygen atoms in total. The van der Waals surface area contributed by atoms with Gasteiger partial charge in [0.15, 0.2) is 0 Å². The van der Waals surface area contributed by atoms with Crippen molar-refractivity contribution in [1.82, 2.24) is 4.90 Å². The number of esters is 1. The zero-order valence-electron chi connectivity index (χ0n) is 19.2. The molecule has 172 valence electrons. The van der Waals surface area contributed by atoms with Crippen molar-refractivity contribution in [1.29, 1.82) is 5.26 Å². The summed E-state index contributed by atoms with van der Waals surface area (Å²) in [6.07, 6.45) is 7.90. The topological polar surface area (TPSA) is 62.6 Å². The number of carbonyl (C=O) groups is 1. The van der Waals surface area contributed by atoms with E-state index in [0.29, 0.717) is 24.0 Å². The van der Waals surface area contributed by atoms with Crippen LogP contribution in [-0.4, -0.2) is 37.1 Å². The molecule has 2 fully saturated rings. The summed E-state index contributed by atoms with van der Waals surface area (Å²) in [7, 11) is 0. The van der Waals surface area contributed by atoms with E-state index in [1.165, 1.54) is 12.8 Å². The van der Waals surface area contributed by atoms with E-state index in [4.69, 9.17) is 14.7 Å². The van der Waals surface area contributed by atoms with E-state index in [1.807, 2.05) is 24.3 Å². The molecule has 2 aliphatic heterocycles. The molecule has 0 N–H and O–H groups in total. The van der Waals surface area contributed by atoms with Gasteiger partial charge in [0.05, 0.1) is 23.8 Å². The van der Waals surface area contributed by atoms with Crippen LogP contribution >= 0.6 is 0 Å². The van der Waals surface area contributed by atoms with Crippen molar-refractivity contribution in [3.8, 4) is 11.8 Å². The summed E-state index contributed by atoms with van der Waals surface area (Å²) < 4.78 is 12.2. The molecule has 5 heteroatoms. The maximum atomic E-state index is 12.8. The van der Waals surface area contributed by atoms with Gasteiger partial charge in [-0.2, -0.15) is 5.26 Å². The lowest BCUT2D eigenvalue weighted by Gasteiger charge is -2.45. The van der Waals surface area contributed by atoms with Crippen molar-refractivity contribution in [2.24, 2.45) is 11.8 Å². The second kappa shape index (κ2) is 9.57. The van der Waals surface area contributed by atoms with Gasteiger partial charge in [-0.3, -0.25) is 0 Å². The molecular weight excluding hydrogens is 412 g/mol. The second-order valence-corrected chi connectivity index (χ2v) is 9.66. The lowest BCUT2D eigenvalue weighted by atomic mass is 9.68. The van der Waals surface area contributed by atoms with Crippen molar-refractivity contribution in [2.75, 3.05) is 26.2 Å². The highest BCUT2D eigenvalue weighted by Crippen LogP contribution is 2.54. The van der Waals surface area contributed by atoms with Gasteiger partial charge in [-0.15, -0.1) is 0 Å². The number of hydrogen-bond acceptors (Lipinski definition) is 5. The number of nitrogens with zero attached hydrogens (tertiary/aromatic N) is 2. The van der Waals surface area contributed by atoms with Gasteiger partial charge in [-0.1, -0.05) is 31.0 Å². The highest BCUT2D eigenvalue weighted by atomic mass is 16.6. The summed E-state index contributed by atoms with van der Waals surface area (Å²) in [4.78, 5) is 15.3. The number of carbonyl (C=O) groups excluding carboxylic acids is 1. The minimum Gasteiger partial charge on any atom is -0.494 e. The molecule has 0 bridgehead atoms. The first-order valence-corrected chi connectivity index (χ1v) is 12.4. The molecule has 1 saturated heterocycles. The number of likely N-dealkylation sites (tertiary alicyclic amines) is 1. The average molecular weight is 445 g/mol. The van der Waals surface area contributed by atoms with Gasteiger partial charge in [0.25, 0.3) is 0 Å². The Labute approximate surface area is 196 Å². The van der Waals surface area contributed by atoms with Crippen LogP contribution in [0.5, 0.6) is 5.75 Å². The molecule has 0 spiro atoms. The fourth-order valence-electron chi connectivity index (χ4n) is 6.25. The predicted octanol–water partition coefficient (Wildman–Crippen LogP) is 5.30. The summed E-state index contributed by atoms with van der Waals surface area (Å²) in [6.45, 7) is 3.75. The SMILES string of the molecule is N#Cc1ccc(OCCCN2CCC(C3(C4CCCC4)OC(=O)c4ccccc43)CC2)cc1. The van der Waals surface area contributed by atoms with Gasteiger partial charge in [0.1, 0.15) is 11.4 Å². The van der Waals surface area contributed by atoms with Crippen molar-refractivity contribution in [3.05, 3.63) is 65.2 Å². The standard InChI is InChI=1S/C28H32N2O3/c29-20-21-10-12-24(13-11-21)32-19-5-16-30-17-14-23(15-18-30)28(22-6-1-2-7-22)26-9-4-3-8-25(26)27(31)33-28/h3-4,8-13,22-23H,1-2,5-7,14-19H2. The number of cyclic esters (lactones) is 1. The monoisotopic (exact) mass is 444 g/mol. The maximum absolute atomic E-state index is 12.8. The summed E-state index contributed by atoms with van der Waals surface area (Å²) in [5.41, 5.74) is 2.16. The number of fused-ring (bicyclic) bond motifs is 1. The average Bonchev–Trinajstić information content (AvgIpc) is 3.50. The minimum atomic E-state index is -0.422. The third-order valence-electron chi connectivity index (χ3n) is 7.86. The smallest absolute Gasteiger partial charge is 0.339 e. The van der Waals surface area contributed by atoms with Crippen LogP contribution in [-0.2, 0) is 10.3 Å². The molecule has 2 heterocycles. The number of nitriles is 1. The van der Waals surface area contributed by atoms with Gasteiger partial charge >= 0.3 is 5.97 Å². The molecule has 0 radical (unpaired) electrons. The van der Waals surface area contributed by atoms with Crippen LogP contribution in [0.1, 0.15) is 66.4 Å². The summed E-state index contributed by atoms with van der Waals surface area (Å²) in [6, 6.07) is 17.5. The number of hydrogen-bond donors (Lipinski definition) is 0. The van der Waals surface area contributed by atoms with E-state index in [9.17, 15) is 4.79 Å². The Kier molecular flexibility index (Phi) is 6.37. The number of piperidine rings is 1. The van der Waals surface area contributed by atoms with E-state index in [-0.39, 0.29) is 5.97 Å². The van der Waals surface area contributed by atoms with Crippen molar-refractivity contribution in [3.63, 3.8) is 0 Å². The highest BCUT2D eigenvalue weighted by molar-refractivity contribution is 5.94. The molecule has 1 unspecified atom stereocenters. The molecule has 0 amide bonds. The minimum absolute atomic E-state index is 0.125. The summed E-state index contributed by atoms with van der Waals surface area (Å²) >= 11 is 0. The summed E-state index contributed by atoms with van der Waals surface area (Å²) in [5, 5.41) is 8.89. The van der Waals surface area contributed by atoms with Crippen LogP contribution in [0.3, 0.4) is 0 Å². The van der Waals surface area contributed by atoms with Crippen LogP contribution in [0.4, 0.5) is 0 Å². The first-order chi connectivity index (χ1) is 16.2. The zero-order chi connectivity index (χ0) is 22.7. The Hall–Kier alpha value is -2.84. The van der Waals surface area contributed by atoms with Crippen LogP contribution in [0, 0.1) is 23.2 Å². The van der Waals surface area contributed by atoms with Crippen LogP contribution in [0.15, 0.2) is 48.5 Å². The molecular formula is C28H32N2O3. The van der Waals surface area contributed by atoms with Gasteiger partial charge in [0, 0.05) is 23.9 Å². The van der Waals surface area contributed by atoms with Crippen LogP contribution in [0.2, 0.25) is 0 Å². The van der Waals surface area contributed by atoms with E-state index in [1.54, 1.807) is 12.1 Å². The fourth-order valence-corrected chi connectivity index (χ4v) is 6.25. The third kappa shape index (κ3) is 4.25. The van der Waals surface area contributed by atoms with Gasteiger partial charge in [-0.05, 0) is 75.5 Å². The highest BCUT2D eigenvalue weighted by Gasteiger charge is 2.56. The largest absolute Gasteiger partial charge is 0.494 e. The Morgan fingerprint density at radius 2 is 1.70 bits per heavy atom. The van der Waals surface area contributed by atoms with E-state index < -0.39 is 5.60 Å². The Balaban J connectivity index is 1.18. The van der Waals surface area contributed by atoms with Crippen molar-refractivity contribution >= 4 is 5.97 Å². The molecule has 5 rings (SSSR count). The van der Waals surface area contributed by atoms with Crippen LogP contribution < -0.4 is 4.74 Å². The van der Waals surface area contributed by atoms with Gasteiger partial charge < -0.3 is 14.4 Å². The van der Waals surface area contributed by atoms with Crippen molar-refractivity contribution < 1.29 is 14.3 Å². The zero-order valence-corrected chi connectivity index (χ0v) is 19.2. The first kappa shape index (κ1) is 22.0. The van der Waals surface area contributed by atoms with Crippen LogP contribution in [0.25, 0.3) is 0 Å². The van der Waals surface area contributed by atoms with E-state index >= 15 is 0 Å².